The Hall–Kier alpha value is -0.910. The maximum absolute atomic E-state index is 13.0. The number of aliphatic hydroxyl groups excluding tert-OH is 1. The van der Waals surface area contributed by atoms with Gasteiger partial charge in [0.25, 0.3) is 0 Å². The molecule has 128 valence electrons. The van der Waals surface area contributed by atoms with Gasteiger partial charge in [0.1, 0.15) is 0 Å². The molecule has 2 fully saturated rings. The number of benzene rings is 1. The quantitative estimate of drug-likeness (QED) is 0.793. The minimum atomic E-state index is -3.35. The molecule has 1 aromatic rings. The van der Waals surface area contributed by atoms with E-state index in [2.05, 4.69) is 0 Å². The minimum Gasteiger partial charge on any atom is -0.395 e. The van der Waals surface area contributed by atoms with Gasteiger partial charge in [0.05, 0.1) is 18.4 Å². The highest BCUT2D eigenvalue weighted by molar-refractivity contribution is 7.89. The van der Waals surface area contributed by atoms with Crippen LogP contribution < -0.4 is 0 Å². The minimum absolute atomic E-state index is 0.0819. The van der Waals surface area contributed by atoms with E-state index in [1.165, 1.54) is 0 Å². The monoisotopic (exact) mass is 337 g/mol. The first-order valence-corrected chi connectivity index (χ1v) is 10.4. The van der Waals surface area contributed by atoms with Crippen molar-refractivity contribution in [1.29, 1.82) is 0 Å². The molecular weight excluding hydrogens is 310 g/mol. The van der Waals surface area contributed by atoms with E-state index in [1.54, 1.807) is 4.31 Å². The van der Waals surface area contributed by atoms with Crippen LogP contribution in [0.15, 0.2) is 30.3 Å². The van der Waals surface area contributed by atoms with Gasteiger partial charge < -0.3 is 5.11 Å². The summed E-state index contributed by atoms with van der Waals surface area (Å²) in [4.78, 5) is 0. The van der Waals surface area contributed by atoms with Gasteiger partial charge in [-0.3, -0.25) is 0 Å². The van der Waals surface area contributed by atoms with E-state index in [-0.39, 0.29) is 24.3 Å². The molecule has 3 rings (SSSR count). The summed E-state index contributed by atoms with van der Waals surface area (Å²) < 4.78 is 27.7. The van der Waals surface area contributed by atoms with Crippen LogP contribution in [0.4, 0.5) is 0 Å². The highest BCUT2D eigenvalue weighted by atomic mass is 32.2. The molecule has 0 saturated heterocycles. The molecule has 0 radical (unpaired) electrons. The summed E-state index contributed by atoms with van der Waals surface area (Å²) >= 11 is 0. The van der Waals surface area contributed by atoms with Gasteiger partial charge >= 0.3 is 0 Å². The summed E-state index contributed by atoms with van der Waals surface area (Å²) in [5.41, 5.74) is 0.988. The van der Waals surface area contributed by atoms with E-state index >= 15 is 0 Å². The predicted molar refractivity (Wildman–Crippen MR) is 91.3 cm³/mol. The molecule has 0 spiro atoms. The topological polar surface area (TPSA) is 57.6 Å². The standard InChI is InChI=1S/C18H27NO3S/c20-13-18(17-10-11-17)19(12-15-6-2-1-3-7-15)23(21,22)14-16-8-4-5-9-16/h1-3,6-7,16-18,20H,4-5,8-14H2. The lowest BCUT2D eigenvalue weighted by Crippen LogP contribution is -2.45. The number of aliphatic hydroxyl groups is 1. The second-order valence-electron chi connectivity index (χ2n) is 7.05. The Morgan fingerprint density at radius 1 is 1.09 bits per heavy atom. The molecule has 2 saturated carbocycles. The van der Waals surface area contributed by atoms with Gasteiger partial charge in [0.15, 0.2) is 0 Å². The highest BCUT2D eigenvalue weighted by Gasteiger charge is 2.40. The normalized spacial score (nSPS) is 21.0. The number of hydrogen-bond donors (Lipinski definition) is 1. The average Bonchev–Trinajstić information content (AvgIpc) is 3.25. The smallest absolute Gasteiger partial charge is 0.215 e. The Labute approximate surface area is 139 Å². The van der Waals surface area contributed by atoms with Gasteiger partial charge in [-0.1, -0.05) is 43.2 Å². The fourth-order valence-electron chi connectivity index (χ4n) is 3.71. The number of nitrogens with zero attached hydrogens (tertiary/aromatic N) is 1. The molecule has 1 unspecified atom stereocenters. The van der Waals surface area contributed by atoms with Gasteiger partial charge in [-0.25, -0.2) is 8.42 Å². The third-order valence-corrected chi connectivity index (χ3v) is 7.19. The third-order valence-electron chi connectivity index (χ3n) is 5.18. The molecule has 0 aliphatic heterocycles. The van der Waals surface area contributed by atoms with Gasteiger partial charge in [0, 0.05) is 6.54 Å². The molecule has 2 aliphatic carbocycles. The highest BCUT2D eigenvalue weighted by Crippen LogP contribution is 2.37. The zero-order valence-corrected chi connectivity index (χ0v) is 14.4. The van der Waals surface area contributed by atoms with Gasteiger partial charge in [0.2, 0.25) is 10.0 Å². The summed E-state index contributed by atoms with van der Waals surface area (Å²) in [6, 6.07) is 9.45. The predicted octanol–water partition coefficient (Wildman–Crippen LogP) is 2.78. The molecule has 0 bridgehead atoms. The Balaban J connectivity index is 1.80. The Bertz CT molecular complexity index is 592. The van der Waals surface area contributed by atoms with Crippen molar-refractivity contribution in [2.24, 2.45) is 11.8 Å². The SMILES string of the molecule is O=S(=O)(CC1CCCC1)N(Cc1ccccc1)C(CO)C1CC1. The summed E-state index contributed by atoms with van der Waals surface area (Å²) in [6.07, 6.45) is 6.37. The van der Waals surface area contributed by atoms with E-state index in [4.69, 9.17) is 0 Å². The van der Waals surface area contributed by atoms with Crippen molar-refractivity contribution in [3.05, 3.63) is 35.9 Å². The molecule has 0 amide bonds. The summed E-state index contributed by atoms with van der Waals surface area (Å²) in [7, 11) is -3.35. The van der Waals surface area contributed by atoms with E-state index in [0.29, 0.717) is 12.5 Å². The van der Waals surface area contributed by atoms with E-state index < -0.39 is 10.0 Å². The van der Waals surface area contributed by atoms with Crippen molar-refractivity contribution < 1.29 is 13.5 Å². The van der Waals surface area contributed by atoms with Crippen LogP contribution in [0.3, 0.4) is 0 Å². The van der Waals surface area contributed by atoms with Crippen LogP contribution in [0.2, 0.25) is 0 Å². The van der Waals surface area contributed by atoms with Crippen molar-refractivity contribution in [1.82, 2.24) is 4.31 Å². The summed E-state index contributed by atoms with van der Waals surface area (Å²) in [5.74, 6) is 0.849. The molecule has 5 heteroatoms. The van der Waals surface area contributed by atoms with Crippen molar-refractivity contribution in [3.8, 4) is 0 Å². The molecular formula is C18H27NO3S. The zero-order valence-electron chi connectivity index (χ0n) is 13.6. The van der Waals surface area contributed by atoms with Gasteiger partial charge in [-0.2, -0.15) is 4.31 Å². The van der Waals surface area contributed by atoms with Gasteiger partial charge in [-0.05, 0) is 43.1 Å². The van der Waals surface area contributed by atoms with Crippen LogP contribution in [-0.2, 0) is 16.6 Å². The molecule has 4 nitrogen and oxygen atoms in total. The van der Waals surface area contributed by atoms with Crippen LogP contribution in [0, 0.1) is 11.8 Å². The van der Waals surface area contributed by atoms with Crippen LogP contribution in [-0.4, -0.2) is 36.2 Å². The second kappa shape index (κ2) is 7.32. The van der Waals surface area contributed by atoms with E-state index in [1.807, 2.05) is 30.3 Å². The first-order valence-electron chi connectivity index (χ1n) is 8.74. The summed E-state index contributed by atoms with van der Waals surface area (Å²) in [5, 5.41) is 9.80. The first kappa shape index (κ1) is 16.9. The lowest BCUT2D eigenvalue weighted by Gasteiger charge is -2.31. The lowest BCUT2D eigenvalue weighted by atomic mass is 10.1. The Morgan fingerprint density at radius 3 is 2.30 bits per heavy atom. The number of sulfonamides is 1. The fourth-order valence-corrected chi connectivity index (χ4v) is 5.83. The van der Waals surface area contributed by atoms with E-state index in [9.17, 15) is 13.5 Å². The maximum Gasteiger partial charge on any atom is 0.215 e. The number of hydrogen-bond acceptors (Lipinski definition) is 3. The van der Waals surface area contributed by atoms with E-state index in [0.717, 1.165) is 44.1 Å². The molecule has 0 heterocycles. The van der Waals surface area contributed by atoms with Crippen molar-refractivity contribution in [2.75, 3.05) is 12.4 Å². The summed E-state index contributed by atoms with van der Waals surface area (Å²) in [6.45, 7) is 0.291. The van der Waals surface area contributed by atoms with Gasteiger partial charge in [-0.15, -0.1) is 0 Å². The largest absolute Gasteiger partial charge is 0.395 e. The molecule has 2 aliphatic rings. The lowest BCUT2D eigenvalue weighted by molar-refractivity contribution is 0.166. The molecule has 1 N–H and O–H groups in total. The van der Waals surface area contributed by atoms with Crippen LogP contribution in [0.25, 0.3) is 0 Å². The zero-order chi connectivity index (χ0) is 16.3. The van der Waals surface area contributed by atoms with Crippen LogP contribution in [0.5, 0.6) is 0 Å². The van der Waals surface area contributed by atoms with Crippen molar-refractivity contribution in [3.63, 3.8) is 0 Å². The van der Waals surface area contributed by atoms with Crippen molar-refractivity contribution in [2.45, 2.75) is 51.1 Å². The van der Waals surface area contributed by atoms with Crippen LogP contribution >= 0.6 is 0 Å². The van der Waals surface area contributed by atoms with Crippen molar-refractivity contribution >= 4 is 10.0 Å². The van der Waals surface area contributed by atoms with Crippen LogP contribution in [0.1, 0.15) is 44.1 Å². The molecule has 1 aromatic carbocycles. The fraction of sp³-hybridized carbons (Fsp3) is 0.667. The molecule has 23 heavy (non-hydrogen) atoms. The molecule has 1 atom stereocenters. The Morgan fingerprint density at radius 2 is 1.74 bits per heavy atom. The first-order chi connectivity index (χ1) is 11.1. The molecule has 0 aromatic heterocycles. The average molecular weight is 337 g/mol. The second-order valence-corrected chi connectivity index (χ2v) is 9.01. The Kier molecular flexibility index (Phi) is 5.39. The maximum atomic E-state index is 13.0. The third kappa shape index (κ3) is 4.34. The number of rotatable bonds is 8.